The number of hydrogen-bond acceptors (Lipinski definition) is 4. The predicted octanol–water partition coefficient (Wildman–Crippen LogP) is 0.493. The Hall–Kier alpha value is -0.640. The smallest absolute Gasteiger partial charge is 0.133 e. The number of rotatable bonds is 1. The third kappa shape index (κ3) is 0.790. The minimum Gasteiger partial charge on any atom is -0.207 e. The van der Waals surface area contributed by atoms with Gasteiger partial charge >= 0.3 is 0 Å². The van der Waals surface area contributed by atoms with Gasteiger partial charge in [0, 0.05) is 7.05 Å². The number of hydrogen-bond donors (Lipinski definition) is 0. The first kappa shape index (κ1) is 5.50. The molecule has 0 radical (unpaired) electrons. The number of nitrogens with zero attached hydrogens (tertiary/aromatic N) is 4. The minimum atomic E-state index is 0.702. The van der Waals surface area contributed by atoms with E-state index in [0.29, 0.717) is 6.67 Å². The fraction of sp³-hybridized carbons (Fsp3) is 1.00. The SMILES string of the molecule is CCN1N=NCN1C. The lowest BCUT2D eigenvalue weighted by molar-refractivity contribution is 0.0423. The maximum Gasteiger partial charge on any atom is 0.133 e. The Kier molecular flexibility index (Phi) is 1.43. The van der Waals surface area contributed by atoms with Gasteiger partial charge in [-0.25, -0.2) is 5.12 Å². The van der Waals surface area contributed by atoms with Crippen molar-refractivity contribution in [3.05, 3.63) is 0 Å². The second kappa shape index (κ2) is 2.09. The highest BCUT2D eigenvalue weighted by Gasteiger charge is 2.09. The molecule has 0 aromatic heterocycles. The molecular weight excluding hydrogens is 104 g/mol. The van der Waals surface area contributed by atoms with Crippen LogP contribution in [-0.2, 0) is 0 Å². The van der Waals surface area contributed by atoms with Crippen LogP contribution >= 0.6 is 0 Å². The summed E-state index contributed by atoms with van der Waals surface area (Å²) in [6.07, 6.45) is 0. The summed E-state index contributed by atoms with van der Waals surface area (Å²) in [6.45, 7) is 3.65. The summed E-state index contributed by atoms with van der Waals surface area (Å²) in [7, 11) is 1.96. The van der Waals surface area contributed by atoms with Gasteiger partial charge in [0.25, 0.3) is 0 Å². The molecule has 0 saturated carbocycles. The van der Waals surface area contributed by atoms with Crippen LogP contribution in [0, 0.1) is 0 Å². The third-order valence-corrected chi connectivity index (χ3v) is 1.11. The van der Waals surface area contributed by atoms with Crippen molar-refractivity contribution in [3.8, 4) is 0 Å². The summed E-state index contributed by atoms with van der Waals surface area (Å²) >= 11 is 0. The molecule has 0 aromatic carbocycles. The average molecular weight is 114 g/mol. The van der Waals surface area contributed by atoms with Crippen LogP contribution < -0.4 is 0 Å². The van der Waals surface area contributed by atoms with Crippen LogP contribution in [0.15, 0.2) is 10.3 Å². The van der Waals surface area contributed by atoms with Crippen LogP contribution in [0.5, 0.6) is 0 Å². The van der Waals surface area contributed by atoms with Crippen LogP contribution in [0.25, 0.3) is 0 Å². The van der Waals surface area contributed by atoms with Gasteiger partial charge in [0.1, 0.15) is 6.67 Å². The Morgan fingerprint density at radius 1 is 1.62 bits per heavy atom. The third-order valence-electron chi connectivity index (χ3n) is 1.11. The lowest BCUT2D eigenvalue weighted by Gasteiger charge is -2.17. The van der Waals surface area contributed by atoms with E-state index in [9.17, 15) is 0 Å². The molecule has 0 amide bonds. The van der Waals surface area contributed by atoms with Crippen LogP contribution in [0.4, 0.5) is 0 Å². The van der Waals surface area contributed by atoms with Gasteiger partial charge in [0.2, 0.25) is 0 Å². The van der Waals surface area contributed by atoms with Gasteiger partial charge in [-0.3, -0.25) is 0 Å². The van der Waals surface area contributed by atoms with E-state index in [4.69, 9.17) is 0 Å². The van der Waals surface area contributed by atoms with Crippen molar-refractivity contribution < 1.29 is 0 Å². The van der Waals surface area contributed by atoms with Crippen molar-refractivity contribution in [1.82, 2.24) is 10.1 Å². The largest absolute Gasteiger partial charge is 0.207 e. The standard InChI is InChI=1S/C4H10N4/c1-3-8-6-5-4-7(8)2/h3-4H2,1-2H3. The predicted molar refractivity (Wildman–Crippen MR) is 29.9 cm³/mol. The summed E-state index contributed by atoms with van der Waals surface area (Å²) in [4.78, 5) is 0. The highest BCUT2D eigenvalue weighted by molar-refractivity contribution is 4.46. The van der Waals surface area contributed by atoms with Crippen LogP contribution in [0.3, 0.4) is 0 Å². The Labute approximate surface area is 48.7 Å². The Bertz CT molecular complexity index is 100. The molecule has 46 valence electrons. The molecule has 1 heterocycles. The maximum atomic E-state index is 3.82. The molecule has 0 aromatic rings. The second-order valence-corrected chi connectivity index (χ2v) is 1.72. The molecule has 1 aliphatic heterocycles. The van der Waals surface area contributed by atoms with Gasteiger partial charge in [-0.05, 0) is 6.92 Å². The van der Waals surface area contributed by atoms with E-state index in [2.05, 4.69) is 10.3 Å². The molecule has 1 rings (SSSR count). The fourth-order valence-corrected chi connectivity index (χ4v) is 0.639. The van der Waals surface area contributed by atoms with Crippen molar-refractivity contribution in [1.29, 1.82) is 0 Å². The molecule has 0 atom stereocenters. The van der Waals surface area contributed by atoms with E-state index in [0.717, 1.165) is 6.54 Å². The molecule has 0 spiro atoms. The van der Waals surface area contributed by atoms with E-state index in [1.165, 1.54) is 0 Å². The van der Waals surface area contributed by atoms with E-state index in [1.807, 2.05) is 24.1 Å². The zero-order chi connectivity index (χ0) is 5.98. The summed E-state index contributed by atoms with van der Waals surface area (Å²) in [5, 5.41) is 11.4. The molecule has 0 fully saturated rings. The van der Waals surface area contributed by atoms with Crippen LogP contribution in [0.1, 0.15) is 6.92 Å². The van der Waals surface area contributed by atoms with Crippen molar-refractivity contribution in [2.24, 2.45) is 10.3 Å². The van der Waals surface area contributed by atoms with Gasteiger partial charge in [0.05, 0.1) is 6.54 Å². The highest BCUT2D eigenvalue weighted by Crippen LogP contribution is 2.02. The lowest BCUT2D eigenvalue weighted by atomic mass is 10.8. The van der Waals surface area contributed by atoms with E-state index in [-0.39, 0.29) is 0 Å². The Morgan fingerprint density at radius 3 is 2.62 bits per heavy atom. The van der Waals surface area contributed by atoms with Gasteiger partial charge in [-0.2, -0.15) is 10.1 Å². The van der Waals surface area contributed by atoms with Gasteiger partial charge < -0.3 is 0 Å². The maximum absolute atomic E-state index is 3.82. The van der Waals surface area contributed by atoms with E-state index >= 15 is 0 Å². The minimum absolute atomic E-state index is 0.702. The molecular formula is C4H10N4. The monoisotopic (exact) mass is 114 g/mol. The summed E-state index contributed by atoms with van der Waals surface area (Å²) in [5.74, 6) is 0. The molecule has 0 bridgehead atoms. The van der Waals surface area contributed by atoms with Crippen molar-refractivity contribution >= 4 is 0 Å². The zero-order valence-corrected chi connectivity index (χ0v) is 5.20. The summed E-state index contributed by atoms with van der Waals surface area (Å²) in [5.41, 5.74) is 0. The van der Waals surface area contributed by atoms with Gasteiger partial charge in [-0.15, -0.1) is 0 Å². The van der Waals surface area contributed by atoms with E-state index < -0.39 is 0 Å². The fourth-order valence-electron chi connectivity index (χ4n) is 0.639. The molecule has 0 saturated heterocycles. The number of hydrazine groups is 1. The van der Waals surface area contributed by atoms with Crippen LogP contribution in [-0.4, -0.2) is 30.4 Å². The highest BCUT2D eigenvalue weighted by atomic mass is 15.9. The molecule has 8 heavy (non-hydrogen) atoms. The van der Waals surface area contributed by atoms with Crippen LogP contribution in [0.2, 0.25) is 0 Å². The van der Waals surface area contributed by atoms with E-state index in [1.54, 1.807) is 0 Å². The first-order chi connectivity index (χ1) is 3.84. The van der Waals surface area contributed by atoms with Crippen molar-refractivity contribution in [3.63, 3.8) is 0 Å². The molecule has 4 nitrogen and oxygen atoms in total. The first-order valence-electron chi connectivity index (χ1n) is 2.70. The Balaban J connectivity index is 2.41. The normalized spacial score (nSPS) is 20.5. The quantitative estimate of drug-likeness (QED) is 0.497. The summed E-state index contributed by atoms with van der Waals surface area (Å²) in [6, 6.07) is 0. The van der Waals surface area contributed by atoms with Crippen molar-refractivity contribution in [2.45, 2.75) is 6.92 Å². The zero-order valence-electron chi connectivity index (χ0n) is 5.20. The topological polar surface area (TPSA) is 31.2 Å². The Morgan fingerprint density at radius 2 is 2.38 bits per heavy atom. The molecule has 4 heteroatoms. The summed E-state index contributed by atoms with van der Waals surface area (Å²) < 4.78 is 0. The molecule has 0 unspecified atom stereocenters. The average Bonchev–Trinajstić information content (AvgIpc) is 2.14. The molecule has 0 N–H and O–H groups in total. The molecule has 0 aliphatic carbocycles. The molecule has 1 aliphatic rings. The van der Waals surface area contributed by atoms with Gasteiger partial charge in [0.15, 0.2) is 0 Å². The van der Waals surface area contributed by atoms with Gasteiger partial charge in [-0.1, -0.05) is 5.22 Å². The lowest BCUT2D eigenvalue weighted by Crippen LogP contribution is -2.30. The first-order valence-corrected chi connectivity index (χ1v) is 2.70. The second-order valence-electron chi connectivity index (χ2n) is 1.72. The van der Waals surface area contributed by atoms with Crippen molar-refractivity contribution in [2.75, 3.05) is 20.3 Å².